The first-order valence-electron chi connectivity index (χ1n) is 8.57. The fourth-order valence-electron chi connectivity index (χ4n) is 3.43. The number of pyridine rings is 1. The first kappa shape index (κ1) is 16.0. The van der Waals surface area contributed by atoms with E-state index in [1.165, 1.54) is 4.88 Å². The van der Waals surface area contributed by atoms with Crippen molar-refractivity contribution in [2.24, 2.45) is 0 Å². The molecule has 0 saturated heterocycles. The molecule has 1 N–H and O–H groups in total. The fourth-order valence-corrected chi connectivity index (χ4v) is 4.18. The Morgan fingerprint density at radius 3 is 3.12 bits per heavy atom. The van der Waals surface area contributed by atoms with Crippen LogP contribution in [0.2, 0.25) is 0 Å². The molecule has 4 heterocycles. The van der Waals surface area contributed by atoms with Gasteiger partial charge < -0.3 is 9.88 Å². The minimum atomic E-state index is -0.141. The lowest BCUT2D eigenvalue weighted by molar-refractivity contribution is -0.133. The maximum atomic E-state index is 12.9. The van der Waals surface area contributed by atoms with Gasteiger partial charge in [-0.1, -0.05) is 12.1 Å². The average molecular weight is 352 g/mol. The Morgan fingerprint density at radius 1 is 1.36 bits per heavy atom. The molecule has 0 aromatic carbocycles. The number of H-pyrrole nitrogens is 1. The highest BCUT2D eigenvalue weighted by Gasteiger charge is 2.33. The monoisotopic (exact) mass is 352 g/mol. The van der Waals surface area contributed by atoms with Crippen molar-refractivity contribution in [1.29, 1.82) is 0 Å². The molecule has 0 saturated carbocycles. The largest absolute Gasteiger partial charge is 0.348 e. The van der Waals surface area contributed by atoms with Gasteiger partial charge in [0.25, 0.3) is 0 Å². The van der Waals surface area contributed by atoms with E-state index in [2.05, 4.69) is 32.5 Å². The first-order valence-corrected chi connectivity index (χ1v) is 9.45. The van der Waals surface area contributed by atoms with Crippen LogP contribution >= 0.6 is 11.3 Å². The van der Waals surface area contributed by atoms with Gasteiger partial charge in [0.1, 0.15) is 6.04 Å². The zero-order valence-electron chi connectivity index (χ0n) is 13.9. The van der Waals surface area contributed by atoms with Crippen molar-refractivity contribution in [3.05, 3.63) is 70.2 Å². The molecule has 3 aromatic heterocycles. The molecular formula is C19H20N4OS. The Morgan fingerprint density at radius 2 is 2.32 bits per heavy atom. The second kappa shape index (κ2) is 7.19. The van der Waals surface area contributed by atoms with Gasteiger partial charge in [0.05, 0.1) is 12.0 Å². The van der Waals surface area contributed by atoms with Gasteiger partial charge in [0.2, 0.25) is 5.91 Å². The topological polar surface area (TPSA) is 61.9 Å². The van der Waals surface area contributed by atoms with E-state index in [4.69, 9.17) is 0 Å². The molecule has 0 bridgehead atoms. The summed E-state index contributed by atoms with van der Waals surface area (Å²) in [5.74, 6) is 0.194. The van der Waals surface area contributed by atoms with Crippen LogP contribution in [0.5, 0.6) is 0 Å². The number of carbonyl (C=O) groups is 1. The fraction of sp³-hybridized carbons (Fsp3) is 0.316. The molecule has 0 aliphatic carbocycles. The number of carbonyl (C=O) groups excluding carboxylic acids is 1. The van der Waals surface area contributed by atoms with Crippen molar-refractivity contribution in [3.63, 3.8) is 0 Å². The average Bonchev–Trinajstić information content (AvgIpc) is 3.33. The van der Waals surface area contributed by atoms with Crippen LogP contribution in [0, 0.1) is 0 Å². The molecule has 4 rings (SSSR count). The van der Waals surface area contributed by atoms with Crippen molar-refractivity contribution in [2.75, 3.05) is 6.54 Å². The van der Waals surface area contributed by atoms with Crippen molar-refractivity contribution in [1.82, 2.24) is 19.9 Å². The van der Waals surface area contributed by atoms with Gasteiger partial charge in [-0.3, -0.25) is 9.78 Å². The van der Waals surface area contributed by atoms with Crippen molar-refractivity contribution >= 4 is 17.2 Å². The standard InChI is InChI=1S/C19H20N4OS/c24-17(7-1-5-15-6-3-11-25-15)23-10-8-16-18(22-13-21-16)19(23)14-4-2-9-20-12-14/h2-4,6,9,11-13,19H,1,5,7-8,10H2,(H,21,22). The van der Waals surface area contributed by atoms with Gasteiger partial charge in [-0.25, -0.2) is 4.98 Å². The van der Waals surface area contributed by atoms with Crippen molar-refractivity contribution in [3.8, 4) is 0 Å². The summed E-state index contributed by atoms with van der Waals surface area (Å²) in [6, 6.07) is 7.98. The smallest absolute Gasteiger partial charge is 0.223 e. The Balaban J connectivity index is 1.52. The Hall–Kier alpha value is -2.47. The third kappa shape index (κ3) is 3.35. The number of nitrogens with one attached hydrogen (secondary N) is 1. The number of hydrogen-bond donors (Lipinski definition) is 1. The van der Waals surface area contributed by atoms with E-state index in [0.29, 0.717) is 13.0 Å². The summed E-state index contributed by atoms with van der Waals surface area (Å²) >= 11 is 1.75. The summed E-state index contributed by atoms with van der Waals surface area (Å²) in [7, 11) is 0. The van der Waals surface area contributed by atoms with Crippen molar-refractivity contribution < 1.29 is 4.79 Å². The number of hydrogen-bond acceptors (Lipinski definition) is 4. The van der Waals surface area contributed by atoms with Crippen LogP contribution in [0.4, 0.5) is 0 Å². The number of aromatic nitrogens is 3. The van der Waals surface area contributed by atoms with E-state index in [9.17, 15) is 4.79 Å². The lowest BCUT2D eigenvalue weighted by atomic mass is 9.96. The number of rotatable bonds is 5. The second-order valence-electron chi connectivity index (χ2n) is 6.23. The zero-order valence-corrected chi connectivity index (χ0v) is 14.7. The second-order valence-corrected chi connectivity index (χ2v) is 7.26. The highest BCUT2D eigenvalue weighted by Crippen LogP contribution is 2.33. The zero-order chi connectivity index (χ0) is 17.1. The molecular weight excluding hydrogens is 332 g/mol. The van der Waals surface area contributed by atoms with Gasteiger partial charge in [0, 0.05) is 42.4 Å². The molecule has 1 atom stereocenters. The molecule has 128 valence electrons. The number of imidazole rings is 1. The predicted molar refractivity (Wildman–Crippen MR) is 97.3 cm³/mol. The quantitative estimate of drug-likeness (QED) is 0.766. The molecule has 6 heteroatoms. The molecule has 0 spiro atoms. The maximum absolute atomic E-state index is 12.9. The van der Waals surface area contributed by atoms with Gasteiger partial charge in [-0.2, -0.15) is 0 Å². The summed E-state index contributed by atoms with van der Waals surface area (Å²) in [6.45, 7) is 0.715. The van der Waals surface area contributed by atoms with Gasteiger partial charge in [0.15, 0.2) is 0 Å². The summed E-state index contributed by atoms with van der Waals surface area (Å²) in [5, 5.41) is 2.08. The lowest BCUT2D eigenvalue weighted by Crippen LogP contribution is -2.40. The summed E-state index contributed by atoms with van der Waals surface area (Å²) < 4.78 is 0. The van der Waals surface area contributed by atoms with Gasteiger partial charge >= 0.3 is 0 Å². The van der Waals surface area contributed by atoms with Crippen LogP contribution in [0.3, 0.4) is 0 Å². The molecule has 25 heavy (non-hydrogen) atoms. The van der Waals surface area contributed by atoms with E-state index in [-0.39, 0.29) is 11.9 Å². The number of aromatic amines is 1. The molecule has 3 aromatic rings. The van der Waals surface area contributed by atoms with Gasteiger partial charge in [-0.05, 0) is 35.9 Å². The van der Waals surface area contributed by atoms with Crippen LogP contribution in [-0.4, -0.2) is 32.3 Å². The van der Waals surface area contributed by atoms with Crippen LogP contribution in [-0.2, 0) is 17.6 Å². The number of amides is 1. The first-order chi connectivity index (χ1) is 12.3. The minimum Gasteiger partial charge on any atom is -0.348 e. The normalized spacial score (nSPS) is 16.6. The molecule has 0 fully saturated rings. The van der Waals surface area contributed by atoms with E-state index in [1.54, 1.807) is 23.9 Å². The highest BCUT2D eigenvalue weighted by atomic mass is 32.1. The Kier molecular flexibility index (Phi) is 4.61. The SMILES string of the molecule is O=C(CCCc1cccs1)N1CCc2[nH]cnc2C1c1cccnc1. The predicted octanol–water partition coefficient (Wildman–Crippen LogP) is 3.36. The van der Waals surface area contributed by atoms with E-state index in [1.807, 2.05) is 23.2 Å². The molecule has 0 radical (unpaired) electrons. The van der Waals surface area contributed by atoms with E-state index < -0.39 is 0 Å². The maximum Gasteiger partial charge on any atom is 0.223 e. The summed E-state index contributed by atoms with van der Waals surface area (Å²) in [5.41, 5.74) is 3.09. The minimum absolute atomic E-state index is 0.141. The van der Waals surface area contributed by atoms with Crippen LogP contribution < -0.4 is 0 Å². The molecule has 1 aliphatic heterocycles. The van der Waals surface area contributed by atoms with Crippen molar-refractivity contribution in [2.45, 2.75) is 31.7 Å². The van der Waals surface area contributed by atoms with Crippen LogP contribution in [0.25, 0.3) is 0 Å². The molecule has 1 amide bonds. The number of nitrogens with zero attached hydrogens (tertiary/aromatic N) is 3. The highest BCUT2D eigenvalue weighted by molar-refractivity contribution is 7.09. The summed E-state index contributed by atoms with van der Waals surface area (Å²) in [6.07, 6.45) is 8.53. The van der Waals surface area contributed by atoms with E-state index >= 15 is 0 Å². The third-order valence-electron chi connectivity index (χ3n) is 4.64. The molecule has 1 aliphatic rings. The van der Waals surface area contributed by atoms with Crippen LogP contribution in [0.1, 0.15) is 40.7 Å². The number of aryl methyl sites for hydroxylation is 1. The van der Waals surface area contributed by atoms with E-state index in [0.717, 1.165) is 36.2 Å². The number of thiophene rings is 1. The lowest BCUT2D eigenvalue weighted by Gasteiger charge is -2.35. The Labute approximate surface area is 150 Å². The summed E-state index contributed by atoms with van der Waals surface area (Å²) in [4.78, 5) is 28.2. The van der Waals surface area contributed by atoms with Crippen LogP contribution in [0.15, 0.2) is 48.4 Å². The van der Waals surface area contributed by atoms with Gasteiger partial charge in [-0.15, -0.1) is 11.3 Å². The third-order valence-corrected chi connectivity index (χ3v) is 5.58. The molecule has 5 nitrogen and oxygen atoms in total. The number of fused-ring (bicyclic) bond motifs is 1. The molecule has 1 unspecified atom stereocenters. The Bertz CT molecular complexity index is 828.